The van der Waals surface area contributed by atoms with E-state index in [0.717, 1.165) is 36.8 Å². The van der Waals surface area contributed by atoms with Gasteiger partial charge in [-0.1, -0.05) is 67.9 Å². The molecule has 0 aliphatic rings. The van der Waals surface area contributed by atoms with Crippen LogP contribution in [-0.2, 0) is 0 Å². The van der Waals surface area contributed by atoms with Crippen molar-refractivity contribution in [1.82, 2.24) is 43.4 Å². The molecule has 2 atom stereocenters. The van der Waals surface area contributed by atoms with Crippen LogP contribution in [0.4, 0.5) is 23.3 Å². The molecule has 2 unspecified atom stereocenters. The summed E-state index contributed by atoms with van der Waals surface area (Å²) in [5, 5.41) is 7.34. The Morgan fingerprint density at radius 2 is 1.27 bits per heavy atom. The molecule has 0 aliphatic heterocycles. The van der Waals surface area contributed by atoms with Gasteiger partial charge < -0.3 is 40.6 Å². The Morgan fingerprint density at radius 3 is 1.92 bits per heavy atom. The molecule has 270 valence electrons. The molecule has 0 radical (unpaired) electrons. The maximum atomic E-state index is 6.08. The molecule has 12 nitrogen and oxygen atoms in total. The van der Waals surface area contributed by atoms with E-state index in [1.807, 2.05) is 89.9 Å². The van der Waals surface area contributed by atoms with Crippen molar-refractivity contribution < 1.29 is 0 Å². The lowest BCUT2D eigenvalue weighted by Crippen LogP contribution is -2.13. The first-order valence-corrected chi connectivity index (χ1v) is 17.6. The molecule has 3 aromatic heterocycles. The minimum Gasteiger partial charge on any atom is -0.399 e. The van der Waals surface area contributed by atoms with E-state index in [1.165, 1.54) is 11.1 Å². The van der Waals surface area contributed by atoms with Crippen LogP contribution in [-0.4, -0.2) is 38.0 Å². The topological polar surface area (TPSA) is 246 Å². The van der Waals surface area contributed by atoms with E-state index in [2.05, 4.69) is 61.5 Å². The Labute approximate surface area is 315 Å². The summed E-state index contributed by atoms with van der Waals surface area (Å²) >= 11 is 15.0. The lowest BCUT2D eigenvalue weighted by molar-refractivity contribution is 0.774. The van der Waals surface area contributed by atoms with Crippen molar-refractivity contribution in [2.24, 2.45) is 5.73 Å². The van der Waals surface area contributed by atoms with Gasteiger partial charge in [-0.15, -0.1) is 22.7 Å². The number of rotatable bonds is 8. The molecule has 16 heteroatoms. The normalized spacial score (nSPS) is 11.2. The van der Waals surface area contributed by atoms with Crippen molar-refractivity contribution in [3.05, 3.63) is 123 Å². The molecule has 0 fully saturated rings. The standard InChI is InChI=1S/C19H17ClN6S.C9H12ClN.C7H6N2S.3H3N/c1-12(13-5-3-2-4-6-13)10-21-18-24-17(20)25-19(26-18)23-14-7-8-15-16(9-14)27-11-22-15;1-7(6-11)8-2-4-9(10)5-3-8;8-5-1-2-6-7(3-5)10-4-9-6;;;/h2-9,11-12H,10H2,1H3,(H2,21,23,24,25,26);2-5,7H,6,11H2,1H3;1-4H,8H2;3*1H3. The van der Waals surface area contributed by atoms with E-state index in [9.17, 15) is 0 Å². The zero-order valence-corrected chi connectivity index (χ0v) is 31.6. The lowest BCUT2D eigenvalue weighted by atomic mass is 10.0. The molecule has 7 aromatic rings. The number of anilines is 4. The maximum Gasteiger partial charge on any atom is 0.233 e. The molecule has 15 N–H and O–H groups in total. The van der Waals surface area contributed by atoms with Crippen LogP contribution in [0, 0.1) is 0 Å². The summed E-state index contributed by atoms with van der Waals surface area (Å²) in [6, 6.07) is 29.7. The summed E-state index contributed by atoms with van der Waals surface area (Å²) in [5.74, 6) is 1.58. The molecule has 0 amide bonds. The van der Waals surface area contributed by atoms with Gasteiger partial charge in [0, 0.05) is 22.9 Å². The number of aromatic nitrogens is 5. The van der Waals surface area contributed by atoms with Gasteiger partial charge in [0.25, 0.3) is 0 Å². The highest BCUT2D eigenvalue weighted by Gasteiger charge is 2.09. The number of benzene rings is 4. The van der Waals surface area contributed by atoms with Gasteiger partial charge in [-0.2, -0.15) is 15.0 Å². The maximum absolute atomic E-state index is 6.08. The molecule has 4 aromatic carbocycles. The largest absolute Gasteiger partial charge is 0.399 e. The van der Waals surface area contributed by atoms with Crippen molar-refractivity contribution in [1.29, 1.82) is 0 Å². The van der Waals surface area contributed by atoms with E-state index in [1.54, 1.807) is 22.7 Å². The summed E-state index contributed by atoms with van der Waals surface area (Å²) in [5.41, 5.74) is 20.9. The first-order valence-electron chi connectivity index (χ1n) is 15.1. The fourth-order valence-corrected chi connectivity index (χ4v) is 6.22. The number of hydrogen-bond acceptors (Lipinski definition) is 14. The number of nitrogens with zero attached hydrogens (tertiary/aromatic N) is 5. The number of fused-ring (bicyclic) bond motifs is 2. The predicted octanol–water partition coefficient (Wildman–Crippen LogP) is 9.86. The van der Waals surface area contributed by atoms with Crippen LogP contribution in [0.2, 0.25) is 10.3 Å². The van der Waals surface area contributed by atoms with E-state index < -0.39 is 0 Å². The molecule has 0 saturated carbocycles. The van der Waals surface area contributed by atoms with E-state index in [4.69, 9.17) is 34.7 Å². The van der Waals surface area contributed by atoms with Crippen LogP contribution >= 0.6 is 45.9 Å². The Morgan fingerprint density at radius 1 is 0.686 bits per heavy atom. The summed E-state index contributed by atoms with van der Waals surface area (Å²) in [4.78, 5) is 21.2. The Kier molecular flexibility index (Phi) is 17.6. The predicted molar refractivity (Wildman–Crippen MR) is 219 cm³/mol. The van der Waals surface area contributed by atoms with E-state index in [0.29, 0.717) is 36.8 Å². The third-order valence-electron chi connectivity index (χ3n) is 7.28. The molecule has 0 spiro atoms. The molecular formula is C35H44Cl2N12S2. The highest BCUT2D eigenvalue weighted by molar-refractivity contribution is 7.17. The second kappa shape index (κ2) is 21.0. The van der Waals surface area contributed by atoms with Gasteiger partial charge in [-0.05, 0) is 89.6 Å². The van der Waals surface area contributed by atoms with Crippen LogP contribution in [0.25, 0.3) is 20.4 Å². The van der Waals surface area contributed by atoms with Crippen LogP contribution in [0.1, 0.15) is 36.8 Å². The number of hydrogen-bond donors (Lipinski definition) is 7. The van der Waals surface area contributed by atoms with E-state index in [-0.39, 0.29) is 23.7 Å². The highest BCUT2D eigenvalue weighted by atomic mass is 35.5. The lowest BCUT2D eigenvalue weighted by Gasteiger charge is -2.13. The Hall–Kier alpha value is -4.51. The number of nitrogens with one attached hydrogen (secondary N) is 2. The van der Waals surface area contributed by atoms with Crippen LogP contribution < -0.4 is 40.6 Å². The second-order valence-electron chi connectivity index (χ2n) is 10.9. The molecule has 51 heavy (non-hydrogen) atoms. The van der Waals surface area contributed by atoms with Crippen LogP contribution in [0.5, 0.6) is 0 Å². The average Bonchev–Trinajstić information content (AvgIpc) is 3.77. The van der Waals surface area contributed by atoms with Crippen molar-refractivity contribution in [2.75, 3.05) is 29.5 Å². The van der Waals surface area contributed by atoms with Gasteiger partial charge in [-0.3, -0.25) is 0 Å². The minimum absolute atomic E-state index is 0. The van der Waals surface area contributed by atoms with E-state index >= 15 is 0 Å². The van der Waals surface area contributed by atoms with Crippen molar-refractivity contribution >= 4 is 89.6 Å². The zero-order valence-electron chi connectivity index (χ0n) is 28.5. The Bertz CT molecular complexity index is 2040. The summed E-state index contributed by atoms with van der Waals surface area (Å²) in [6.07, 6.45) is 0. The van der Waals surface area contributed by atoms with Gasteiger partial charge in [0.05, 0.1) is 31.5 Å². The molecular weight excluding hydrogens is 724 g/mol. The molecule has 0 saturated heterocycles. The number of nitrogen functional groups attached to an aromatic ring is 1. The monoisotopic (exact) mass is 766 g/mol. The van der Waals surface area contributed by atoms with Crippen molar-refractivity contribution in [3.63, 3.8) is 0 Å². The Balaban J connectivity index is 0.000000311. The van der Waals surface area contributed by atoms with Gasteiger partial charge in [0.1, 0.15) is 0 Å². The van der Waals surface area contributed by atoms with Crippen molar-refractivity contribution in [2.45, 2.75) is 25.7 Å². The first kappa shape index (κ1) is 42.7. The highest BCUT2D eigenvalue weighted by Crippen LogP contribution is 2.24. The van der Waals surface area contributed by atoms with Gasteiger partial charge in [0.15, 0.2) is 0 Å². The van der Waals surface area contributed by atoms with Crippen LogP contribution in [0.3, 0.4) is 0 Å². The summed E-state index contributed by atoms with van der Waals surface area (Å²) < 4.78 is 2.25. The smallest absolute Gasteiger partial charge is 0.233 e. The number of halogens is 2. The second-order valence-corrected chi connectivity index (χ2v) is 13.4. The summed E-state index contributed by atoms with van der Waals surface area (Å²) in [7, 11) is 0. The number of thiazole rings is 2. The van der Waals surface area contributed by atoms with Gasteiger partial charge >= 0.3 is 0 Å². The molecule has 3 heterocycles. The fourth-order valence-electron chi connectivity index (χ4n) is 4.49. The van der Waals surface area contributed by atoms with Crippen LogP contribution in [0.15, 0.2) is 102 Å². The quantitative estimate of drug-likeness (QED) is 0.0714. The average molecular weight is 768 g/mol. The SMILES string of the molecule is CC(CN)c1ccc(Cl)cc1.CC(CNc1nc(Cl)nc(Nc2ccc3ncsc3c2)n1)c1ccccc1.N.N.N.Nc1ccc2ncsc2c1. The minimum atomic E-state index is 0. The zero-order chi connectivity index (χ0) is 33.9. The van der Waals surface area contributed by atoms with Gasteiger partial charge in [0.2, 0.25) is 17.2 Å². The third kappa shape index (κ3) is 12.6. The third-order valence-corrected chi connectivity index (χ3v) is 9.28. The first-order chi connectivity index (χ1) is 23.3. The molecule has 0 bridgehead atoms. The number of nitrogens with two attached hydrogens (primary N) is 2. The van der Waals surface area contributed by atoms with Crippen molar-refractivity contribution in [3.8, 4) is 0 Å². The van der Waals surface area contributed by atoms with Gasteiger partial charge in [-0.25, -0.2) is 9.97 Å². The molecule has 7 rings (SSSR count). The fraction of sp³-hybridized carbons (Fsp3) is 0.171. The summed E-state index contributed by atoms with van der Waals surface area (Å²) in [6.45, 7) is 5.62. The molecule has 0 aliphatic carbocycles.